The molecule has 1 saturated carbocycles. The summed E-state index contributed by atoms with van der Waals surface area (Å²) in [4.78, 5) is 42.5. The normalized spacial score (nSPS) is 26.6. The number of aliphatic carboxylic acids is 1. The Bertz CT molecular complexity index is 1580. The SMILES string of the molecule is CO[C@H]1CN([C@H]2C[C@@H](CO[C@H]3CC[C@H](C(=O)O)CC3)N(C(=O)Cc3ccc(NC(=O)c4coc5ccccc45)c(Cl)c3)C2)C[C@H]1OC. The third kappa shape index (κ3) is 7.49. The van der Waals surface area contributed by atoms with Crippen LogP contribution in [0.2, 0.25) is 5.02 Å². The van der Waals surface area contributed by atoms with Gasteiger partial charge in [0.05, 0.1) is 59.6 Å². The van der Waals surface area contributed by atoms with E-state index in [-0.39, 0.29) is 54.5 Å². The van der Waals surface area contributed by atoms with Gasteiger partial charge in [-0.2, -0.15) is 0 Å². The molecule has 0 unspecified atom stereocenters. The van der Waals surface area contributed by atoms with Gasteiger partial charge in [0.1, 0.15) is 11.8 Å². The predicted molar refractivity (Wildman–Crippen MR) is 176 cm³/mol. The van der Waals surface area contributed by atoms with E-state index >= 15 is 0 Å². The predicted octanol–water partition coefficient (Wildman–Crippen LogP) is 4.86. The lowest BCUT2D eigenvalue weighted by Gasteiger charge is -2.30. The number of anilines is 1. The van der Waals surface area contributed by atoms with Crippen LogP contribution in [-0.2, 0) is 30.2 Å². The number of hydrogen-bond donors (Lipinski definition) is 2. The van der Waals surface area contributed by atoms with Crippen LogP contribution >= 0.6 is 11.6 Å². The number of carbonyl (C=O) groups excluding carboxylic acids is 2. The Labute approximate surface area is 279 Å². The monoisotopic (exact) mass is 667 g/mol. The standard InChI is InChI=1S/C35H42ClN3O8/c1-44-31-17-38(18-32(31)45-2)23-15-24(19-46-25-10-8-22(9-11-25)35(42)43)39(16-23)33(40)14-21-7-12-29(28(36)13-21)37-34(41)27-20-47-30-6-4-3-5-26(27)30/h3-7,12-13,20,22-25,31-32H,8-11,14-19H2,1-2H3,(H,37,41)(H,42,43)/t22-,23-,24-,25-,31-,32+/m0/s1. The molecule has 1 aliphatic carbocycles. The van der Waals surface area contributed by atoms with Crippen molar-refractivity contribution in [3.8, 4) is 0 Å². The Morgan fingerprint density at radius 3 is 2.40 bits per heavy atom. The number of furan rings is 1. The number of carbonyl (C=O) groups is 3. The fourth-order valence-corrected chi connectivity index (χ4v) is 7.51. The zero-order chi connectivity index (χ0) is 33.1. The van der Waals surface area contributed by atoms with Crippen LogP contribution in [0.3, 0.4) is 0 Å². The van der Waals surface area contributed by atoms with E-state index in [0.717, 1.165) is 25.1 Å². The maximum absolute atomic E-state index is 13.9. The van der Waals surface area contributed by atoms with E-state index in [4.69, 9.17) is 30.2 Å². The minimum atomic E-state index is -0.740. The van der Waals surface area contributed by atoms with Gasteiger partial charge in [-0.25, -0.2) is 0 Å². The first-order valence-electron chi connectivity index (χ1n) is 16.2. The molecule has 0 bridgehead atoms. The fourth-order valence-electron chi connectivity index (χ4n) is 7.26. The van der Waals surface area contributed by atoms with Gasteiger partial charge >= 0.3 is 5.97 Å². The van der Waals surface area contributed by atoms with Crippen molar-refractivity contribution in [2.45, 2.75) is 68.9 Å². The highest BCUT2D eigenvalue weighted by Gasteiger charge is 2.43. The summed E-state index contributed by atoms with van der Waals surface area (Å²) in [6, 6.07) is 12.6. The molecule has 1 aromatic heterocycles. The summed E-state index contributed by atoms with van der Waals surface area (Å²) in [5.41, 5.74) is 2.21. The number of carboxylic acids is 1. The molecular formula is C35H42ClN3O8. The van der Waals surface area contributed by atoms with Gasteiger partial charge in [0.2, 0.25) is 5.91 Å². The molecule has 3 fully saturated rings. The molecule has 4 atom stereocenters. The first kappa shape index (κ1) is 33.4. The van der Waals surface area contributed by atoms with Crippen molar-refractivity contribution >= 4 is 46.0 Å². The molecule has 2 saturated heterocycles. The smallest absolute Gasteiger partial charge is 0.306 e. The van der Waals surface area contributed by atoms with Crippen molar-refractivity contribution in [3.63, 3.8) is 0 Å². The van der Waals surface area contributed by atoms with Gasteiger partial charge in [0, 0.05) is 45.3 Å². The summed E-state index contributed by atoms with van der Waals surface area (Å²) in [6.45, 7) is 2.41. The highest BCUT2D eigenvalue weighted by atomic mass is 35.5. The average Bonchev–Trinajstić information content (AvgIpc) is 3.82. The molecule has 3 aliphatic rings. The van der Waals surface area contributed by atoms with E-state index in [1.165, 1.54) is 6.26 Å². The highest BCUT2D eigenvalue weighted by molar-refractivity contribution is 6.34. The van der Waals surface area contributed by atoms with Crippen molar-refractivity contribution in [3.05, 3.63) is 64.9 Å². The summed E-state index contributed by atoms with van der Waals surface area (Å²) >= 11 is 6.60. The Kier molecular flexibility index (Phi) is 10.5. The second-order valence-electron chi connectivity index (χ2n) is 12.8. The Morgan fingerprint density at radius 1 is 1.00 bits per heavy atom. The van der Waals surface area contributed by atoms with E-state index in [1.807, 2.05) is 23.1 Å². The van der Waals surface area contributed by atoms with Crippen LogP contribution in [0.25, 0.3) is 11.0 Å². The molecule has 2 amide bonds. The number of benzene rings is 2. The lowest BCUT2D eigenvalue weighted by Crippen LogP contribution is -2.41. The molecule has 2 aliphatic heterocycles. The lowest BCUT2D eigenvalue weighted by molar-refractivity contribution is -0.144. The van der Waals surface area contributed by atoms with E-state index in [9.17, 15) is 19.5 Å². The lowest BCUT2D eigenvalue weighted by atomic mass is 9.87. The maximum Gasteiger partial charge on any atom is 0.306 e. The van der Waals surface area contributed by atoms with Crippen LogP contribution in [0.5, 0.6) is 0 Å². The van der Waals surface area contributed by atoms with Crippen molar-refractivity contribution in [1.82, 2.24) is 9.80 Å². The zero-order valence-electron chi connectivity index (χ0n) is 26.7. The van der Waals surface area contributed by atoms with Gasteiger partial charge in [0.15, 0.2) is 0 Å². The minimum Gasteiger partial charge on any atom is -0.481 e. The van der Waals surface area contributed by atoms with E-state index < -0.39 is 5.97 Å². The topological polar surface area (TPSA) is 131 Å². The summed E-state index contributed by atoms with van der Waals surface area (Å²) in [5, 5.41) is 13.3. The Morgan fingerprint density at radius 2 is 1.72 bits per heavy atom. The van der Waals surface area contributed by atoms with Crippen LogP contribution in [0.15, 0.2) is 53.1 Å². The van der Waals surface area contributed by atoms with Gasteiger partial charge < -0.3 is 34.0 Å². The minimum absolute atomic E-state index is 0.00858. The van der Waals surface area contributed by atoms with E-state index in [2.05, 4.69) is 10.2 Å². The molecule has 6 rings (SSSR count). The molecule has 11 nitrogen and oxygen atoms in total. The highest BCUT2D eigenvalue weighted by Crippen LogP contribution is 2.32. The molecular weight excluding hydrogens is 626 g/mol. The third-order valence-corrected chi connectivity index (χ3v) is 10.3. The van der Waals surface area contributed by atoms with Crippen LogP contribution in [0.1, 0.15) is 48.0 Å². The number of carboxylic acid groups (broad SMARTS) is 1. The summed E-state index contributed by atoms with van der Waals surface area (Å²) in [6.07, 6.45) is 4.89. The molecule has 3 aromatic rings. The Balaban J connectivity index is 1.11. The number of hydrogen-bond acceptors (Lipinski definition) is 8. The number of ether oxygens (including phenoxy) is 3. The van der Waals surface area contributed by atoms with Crippen LogP contribution in [0, 0.1) is 5.92 Å². The number of amides is 2. The van der Waals surface area contributed by atoms with Crippen molar-refractivity contribution in [1.29, 1.82) is 0 Å². The van der Waals surface area contributed by atoms with Crippen LogP contribution < -0.4 is 5.32 Å². The van der Waals surface area contributed by atoms with Gasteiger partial charge in [-0.15, -0.1) is 0 Å². The van der Waals surface area contributed by atoms with Crippen molar-refractivity contribution in [2.75, 3.05) is 45.8 Å². The molecule has 3 heterocycles. The number of nitrogens with one attached hydrogen (secondary N) is 1. The van der Waals surface area contributed by atoms with Crippen LogP contribution in [0.4, 0.5) is 5.69 Å². The molecule has 0 spiro atoms. The zero-order valence-corrected chi connectivity index (χ0v) is 27.5. The molecule has 2 aromatic carbocycles. The van der Waals surface area contributed by atoms with Gasteiger partial charge in [-0.3, -0.25) is 19.3 Å². The summed E-state index contributed by atoms with van der Waals surface area (Å²) < 4.78 is 23.2. The maximum atomic E-state index is 13.9. The molecule has 2 N–H and O–H groups in total. The number of likely N-dealkylation sites (tertiary alicyclic amines) is 2. The van der Waals surface area contributed by atoms with Crippen molar-refractivity contribution < 1.29 is 38.1 Å². The third-order valence-electron chi connectivity index (χ3n) is 9.99. The number of nitrogens with zero attached hydrogens (tertiary/aromatic N) is 2. The summed E-state index contributed by atoms with van der Waals surface area (Å²) in [5.74, 6) is -1.41. The quantitative estimate of drug-likeness (QED) is 0.295. The van der Waals surface area contributed by atoms with E-state index in [1.54, 1.807) is 38.5 Å². The molecule has 0 radical (unpaired) electrons. The molecule has 47 heavy (non-hydrogen) atoms. The number of halogens is 1. The largest absolute Gasteiger partial charge is 0.481 e. The average molecular weight is 668 g/mol. The molecule has 252 valence electrons. The Hall–Kier alpha value is -3.48. The first-order valence-corrected chi connectivity index (χ1v) is 16.6. The number of rotatable bonds is 11. The second-order valence-corrected chi connectivity index (χ2v) is 13.2. The van der Waals surface area contributed by atoms with Crippen LogP contribution in [-0.4, -0.2) is 104 Å². The summed E-state index contributed by atoms with van der Waals surface area (Å²) in [7, 11) is 3.39. The molecule has 12 heteroatoms. The van der Waals surface area contributed by atoms with Gasteiger partial charge in [-0.05, 0) is 55.9 Å². The van der Waals surface area contributed by atoms with Gasteiger partial charge in [0.25, 0.3) is 5.91 Å². The number of fused-ring (bicyclic) bond motifs is 1. The first-order chi connectivity index (χ1) is 22.7. The number of methoxy groups -OCH3 is 2. The van der Waals surface area contributed by atoms with Crippen molar-refractivity contribution in [2.24, 2.45) is 5.92 Å². The second kappa shape index (κ2) is 14.7. The van der Waals surface area contributed by atoms with E-state index in [0.29, 0.717) is 66.1 Å². The van der Waals surface area contributed by atoms with Gasteiger partial charge in [-0.1, -0.05) is 35.9 Å². The fraction of sp³-hybridized carbons (Fsp3) is 0.514. The number of para-hydroxylation sites is 1.